The zero-order chi connectivity index (χ0) is 27.2. The van der Waals surface area contributed by atoms with Crippen molar-refractivity contribution in [1.29, 1.82) is 0 Å². The lowest BCUT2D eigenvalue weighted by Gasteiger charge is -2.26. The van der Waals surface area contributed by atoms with Crippen LogP contribution >= 0.6 is 23.2 Å². The van der Waals surface area contributed by atoms with Gasteiger partial charge in [-0.15, -0.1) is 0 Å². The molecule has 0 bridgehead atoms. The Kier molecular flexibility index (Phi) is 8.51. The lowest BCUT2D eigenvalue weighted by molar-refractivity contribution is -0.114. The first-order valence-corrected chi connectivity index (χ1v) is 12.5. The van der Waals surface area contributed by atoms with Crippen LogP contribution in [0.3, 0.4) is 0 Å². The molecule has 7 nitrogen and oxygen atoms in total. The standard InChI is InChI=1S/C29H25Cl2N3O4/c1-19(35)32-23-12-9-20(10-13-23)28(36)33(2)27-14-11-22(30)16-21(27)17-34(18-24-6-5-15-38-24)29(37)25-7-3-4-8-26(25)31/h3-16H,17-18H2,1-2H3,(H,32,35). The molecular formula is C29H25Cl2N3O4. The fourth-order valence-corrected chi connectivity index (χ4v) is 4.42. The Bertz CT molecular complexity index is 1450. The van der Waals surface area contributed by atoms with Crippen molar-refractivity contribution in [2.24, 2.45) is 0 Å². The quantitative estimate of drug-likeness (QED) is 0.266. The van der Waals surface area contributed by atoms with Crippen LogP contribution in [0.2, 0.25) is 10.0 Å². The zero-order valence-corrected chi connectivity index (χ0v) is 22.3. The van der Waals surface area contributed by atoms with Crippen molar-refractivity contribution in [1.82, 2.24) is 4.90 Å². The molecule has 0 spiro atoms. The van der Waals surface area contributed by atoms with Crippen LogP contribution in [0.5, 0.6) is 0 Å². The van der Waals surface area contributed by atoms with Gasteiger partial charge in [-0.1, -0.05) is 35.3 Å². The minimum atomic E-state index is -0.291. The molecule has 3 amide bonds. The molecule has 1 N–H and O–H groups in total. The monoisotopic (exact) mass is 549 g/mol. The molecule has 0 aliphatic carbocycles. The highest BCUT2D eigenvalue weighted by atomic mass is 35.5. The summed E-state index contributed by atoms with van der Waals surface area (Å²) in [4.78, 5) is 41.3. The first-order chi connectivity index (χ1) is 18.2. The van der Waals surface area contributed by atoms with Gasteiger partial charge >= 0.3 is 0 Å². The van der Waals surface area contributed by atoms with E-state index in [9.17, 15) is 14.4 Å². The average Bonchev–Trinajstić information content (AvgIpc) is 3.41. The van der Waals surface area contributed by atoms with Crippen molar-refractivity contribution >= 4 is 52.3 Å². The van der Waals surface area contributed by atoms with Gasteiger partial charge in [0.2, 0.25) is 5.91 Å². The smallest absolute Gasteiger partial charge is 0.258 e. The van der Waals surface area contributed by atoms with Crippen LogP contribution < -0.4 is 10.2 Å². The predicted molar refractivity (Wildman–Crippen MR) is 149 cm³/mol. The molecule has 0 atom stereocenters. The SMILES string of the molecule is CC(=O)Nc1ccc(C(=O)N(C)c2ccc(Cl)cc2CN(Cc2ccco2)C(=O)c2ccccc2Cl)cc1. The van der Waals surface area contributed by atoms with Crippen molar-refractivity contribution in [3.05, 3.63) is 118 Å². The summed E-state index contributed by atoms with van der Waals surface area (Å²) < 4.78 is 5.51. The number of hydrogen-bond donors (Lipinski definition) is 1. The third kappa shape index (κ3) is 6.43. The van der Waals surface area contributed by atoms with Gasteiger partial charge in [0, 0.05) is 42.5 Å². The van der Waals surface area contributed by atoms with E-state index in [1.54, 1.807) is 97.1 Å². The van der Waals surface area contributed by atoms with Gasteiger partial charge in [-0.3, -0.25) is 14.4 Å². The normalized spacial score (nSPS) is 10.6. The van der Waals surface area contributed by atoms with Crippen molar-refractivity contribution < 1.29 is 18.8 Å². The lowest BCUT2D eigenvalue weighted by atomic mass is 10.1. The number of nitrogens with zero attached hydrogens (tertiary/aromatic N) is 2. The molecule has 0 saturated carbocycles. The van der Waals surface area contributed by atoms with Gasteiger partial charge in [0.1, 0.15) is 5.76 Å². The van der Waals surface area contributed by atoms with E-state index in [-0.39, 0.29) is 30.8 Å². The summed E-state index contributed by atoms with van der Waals surface area (Å²) >= 11 is 12.7. The molecule has 194 valence electrons. The summed E-state index contributed by atoms with van der Waals surface area (Å²) in [6.45, 7) is 1.74. The van der Waals surface area contributed by atoms with Crippen LogP contribution in [-0.4, -0.2) is 29.7 Å². The third-order valence-electron chi connectivity index (χ3n) is 5.84. The molecule has 0 fully saturated rings. The molecule has 0 saturated heterocycles. The second-order valence-corrected chi connectivity index (χ2v) is 9.46. The van der Waals surface area contributed by atoms with Crippen molar-refractivity contribution in [3.8, 4) is 0 Å². The zero-order valence-electron chi connectivity index (χ0n) is 20.8. The summed E-state index contributed by atoms with van der Waals surface area (Å²) in [5.41, 5.74) is 2.63. The number of carbonyl (C=O) groups is 3. The van der Waals surface area contributed by atoms with Crippen LogP contribution in [0.1, 0.15) is 39.0 Å². The van der Waals surface area contributed by atoms with Crippen molar-refractivity contribution in [2.75, 3.05) is 17.3 Å². The summed E-state index contributed by atoms with van der Waals surface area (Å²) in [6.07, 6.45) is 1.54. The van der Waals surface area contributed by atoms with E-state index in [1.165, 1.54) is 11.8 Å². The van der Waals surface area contributed by atoms with E-state index in [0.717, 1.165) is 0 Å². The number of amides is 3. The average molecular weight is 550 g/mol. The van der Waals surface area contributed by atoms with Crippen molar-refractivity contribution in [3.63, 3.8) is 0 Å². The predicted octanol–water partition coefficient (Wildman–Crippen LogP) is 6.66. The maximum atomic E-state index is 13.6. The molecule has 4 aromatic rings. The number of carbonyl (C=O) groups excluding carboxylic acids is 3. The van der Waals surface area contributed by atoms with Gasteiger partial charge in [-0.2, -0.15) is 0 Å². The van der Waals surface area contributed by atoms with Gasteiger partial charge < -0.3 is 19.5 Å². The van der Waals surface area contributed by atoms with Crippen molar-refractivity contribution in [2.45, 2.75) is 20.0 Å². The topological polar surface area (TPSA) is 82.9 Å². The summed E-state index contributed by atoms with van der Waals surface area (Å²) in [5.74, 6) is -0.159. The Morgan fingerprint density at radius 3 is 2.26 bits per heavy atom. The minimum absolute atomic E-state index is 0.139. The maximum absolute atomic E-state index is 13.6. The Labute approximate surface area is 230 Å². The first kappa shape index (κ1) is 27.0. The molecule has 0 unspecified atom stereocenters. The van der Waals surface area contributed by atoms with Crippen LogP contribution in [0, 0.1) is 0 Å². The van der Waals surface area contributed by atoms with Gasteiger partial charge in [-0.05, 0) is 72.3 Å². The van der Waals surface area contributed by atoms with E-state index in [1.807, 2.05) is 0 Å². The highest BCUT2D eigenvalue weighted by molar-refractivity contribution is 6.33. The molecular weight excluding hydrogens is 525 g/mol. The molecule has 3 aromatic carbocycles. The Morgan fingerprint density at radius 2 is 1.61 bits per heavy atom. The summed E-state index contributed by atoms with van der Waals surface area (Å²) in [6, 6.07) is 22.2. The molecule has 9 heteroatoms. The largest absolute Gasteiger partial charge is 0.467 e. The summed E-state index contributed by atoms with van der Waals surface area (Å²) in [7, 11) is 1.66. The van der Waals surface area contributed by atoms with Gasteiger partial charge in [0.15, 0.2) is 0 Å². The number of rotatable bonds is 8. The van der Waals surface area contributed by atoms with E-state index >= 15 is 0 Å². The highest BCUT2D eigenvalue weighted by Crippen LogP contribution is 2.28. The van der Waals surface area contributed by atoms with E-state index in [4.69, 9.17) is 27.6 Å². The molecule has 0 aliphatic rings. The fraction of sp³-hybridized carbons (Fsp3) is 0.138. The molecule has 38 heavy (non-hydrogen) atoms. The Hall–Kier alpha value is -4.07. The number of halogens is 2. The van der Waals surface area contributed by atoms with Crippen LogP contribution in [0.15, 0.2) is 89.5 Å². The van der Waals surface area contributed by atoms with Crippen LogP contribution in [0.4, 0.5) is 11.4 Å². The molecule has 4 rings (SSSR count). The van der Waals surface area contributed by atoms with Crippen LogP contribution in [-0.2, 0) is 17.9 Å². The fourth-order valence-electron chi connectivity index (χ4n) is 4.01. The van der Waals surface area contributed by atoms with Gasteiger partial charge in [0.25, 0.3) is 11.8 Å². The lowest BCUT2D eigenvalue weighted by Crippen LogP contribution is -2.32. The number of furan rings is 1. The molecule has 1 aromatic heterocycles. The summed E-state index contributed by atoms with van der Waals surface area (Å²) in [5, 5.41) is 3.48. The first-order valence-electron chi connectivity index (χ1n) is 11.7. The molecule has 1 heterocycles. The second kappa shape index (κ2) is 12.0. The van der Waals surface area contributed by atoms with E-state index in [0.29, 0.717) is 43.9 Å². The Morgan fingerprint density at radius 1 is 0.868 bits per heavy atom. The number of hydrogen-bond acceptors (Lipinski definition) is 4. The van der Waals surface area contributed by atoms with Gasteiger partial charge in [0.05, 0.1) is 23.4 Å². The molecule has 0 radical (unpaired) electrons. The highest BCUT2D eigenvalue weighted by Gasteiger charge is 2.23. The van der Waals surface area contributed by atoms with Gasteiger partial charge in [-0.25, -0.2) is 0 Å². The minimum Gasteiger partial charge on any atom is -0.467 e. The third-order valence-corrected chi connectivity index (χ3v) is 6.40. The molecule has 0 aliphatic heterocycles. The number of nitrogens with one attached hydrogen (secondary N) is 1. The number of benzene rings is 3. The van der Waals surface area contributed by atoms with E-state index in [2.05, 4.69) is 5.32 Å². The second-order valence-electron chi connectivity index (χ2n) is 8.62. The van der Waals surface area contributed by atoms with E-state index < -0.39 is 0 Å². The maximum Gasteiger partial charge on any atom is 0.258 e. The van der Waals surface area contributed by atoms with Crippen LogP contribution in [0.25, 0.3) is 0 Å². The Balaban J connectivity index is 1.65. The number of anilines is 2.